The molecule has 0 aliphatic heterocycles. The number of hydrogen-bond donors (Lipinski definition) is 1. The Balaban J connectivity index is 2.36. The van der Waals surface area contributed by atoms with Crippen molar-refractivity contribution in [3.8, 4) is 5.75 Å². The van der Waals surface area contributed by atoms with E-state index in [2.05, 4.69) is 0 Å². The van der Waals surface area contributed by atoms with Crippen LogP contribution in [0.15, 0.2) is 18.2 Å². The molecule has 2 N–H and O–H groups in total. The minimum absolute atomic E-state index is 0.295. The number of ether oxygens (including phenoxy) is 2. The van der Waals surface area contributed by atoms with Crippen molar-refractivity contribution in [3.63, 3.8) is 0 Å². The lowest BCUT2D eigenvalue weighted by Gasteiger charge is -2.35. The van der Waals surface area contributed by atoms with Crippen LogP contribution in [0, 0.1) is 5.82 Å². The van der Waals surface area contributed by atoms with E-state index in [1.807, 2.05) is 6.92 Å². The summed E-state index contributed by atoms with van der Waals surface area (Å²) in [5, 5.41) is 0. The van der Waals surface area contributed by atoms with Crippen molar-refractivity contribution in [2.24, 2.45) is 5.73 Å². The number of halogens is 1. The number of rotatable bonds is 5. The van der Waals surface area contributed by atoms with Crippen LogP contribution < -0.4 is 10.5 Å². The quantitative estimate of drug-likeness (QED) is 0.891. The van der Waals surface area contributed by atoms with Crippen molar-refractivity contribution in [2.45, 2.75) is 44.2 Å². The first kappa shape index (κ1) is 14.3. The highest BCUT2D eigenvalue weighted by Crippen LogP contribution is 2.43. The zero-order valence-corrected chi connectivity index (χ0v) is 11.6. The molecule has 2 rings (SSSR count). The Morgan fingerprint density at radius 2 is 2.05 bits per heavy atom. The Bertz CT molecular complexity index is 430. The molecular formula is C15H22FNO2. The molecule has 106 valence electrons. The number of hydrogen-bond acceptors (Lipinski definition) is 3. The van der Waals surface area contributed by atoms with Gasteiger partial charge in [0, 0.05) is 12.2 Å². The second-order valence-corrected chi connectivity index (χ2v) is 5.07. The number of benzene rings is 1. The highest BCUT2D eigenvalue weighted by molar-refractivity contribution is 5.38. The van der Waals surface area contributed by atoms with Crippen molar-refractivity contribution in [3.05, 3.63) is 29.6 Å². The van der Waals surface area contributed by atoms with Crippen LogP contribution in [0.2, 0.25) is 0 Å². The number of nitrogens with two attached hydrogens (primary N) is 1. The molecule has 0 heterocycles. The Morgan fingerprint density at radius 1 is 1.37 bits per heavy atom. The minimum atomic E-state index is -0.379. The summed E-state index contributed by atoms with van der Waals surface area (Å²) >= 11 is 0. The van der Waals surface area contributed by atoms with Crippen LogP contribution in [0.3, 0.4) is 0 Å². The van der Waals surface area contributed by atoms with E-state index in [1.165, 1.54) is 12.1 Å². The van der Waals surface area contributed by atoms with Gasteiger partial charge in [-0.2, -0.15) is 0 Å². The summed E-state index contributed by atoms with van der Waals surface area (Å²) in [6.45, 7) is 2.58. The fourth-order valence-corrected chi connectivity index (χ4v) is 3.04. The third-order valence-corrected chi connectivity index (χ3v) is 3.98. The van der Waals surface area contributed by atoms with E-state index in [1.54, 1.807) is 13.2 Å². The molecule has 1 aliphatic rings. The summed E-state index contributed by atoms with van der Waals surface area (Å²) in [7, 11) is 1.57. The van der Waals surface area contributed by atoms with Gasteiger partial charge in [0.05, 0.1) is 18.8 Å². The maximum Gasteiger partial charge on any atom is 0.123 e. The molecule has 1 saturated carbocycles. The van der Waals surface area contributed by atoms with Crippen molar-refractivity contribution in [1.82, 2.24) is 0 Å². The van der Waals surface area contributed by atoms with Crippen LogP contribution in [0.4, 0.5) is 4.39 Å². The maximum absolute atomic E-state index is 13.5. The summed E-state index contributed by atoms with van der Waals surface area (Å²) in [4.78, 5) is 0. The first-order valence-electron chi connectivity index (χ1n) is 6.86. The Hall–Kier alpha value is -1.13. The van der Waals surface area contributed by atoms with Gasteiger partial charge in [-0.25, -0.2) is 4.39 Å². The minimum Gasteiger partial charge on any atom is -0.496 e. The van der Waals surface area contributed by atoms with Crippen LogP contribution >= 0.6 is 0 Å². The molecule has 0 saturated heterocycles. The standard InChI is InChI=1S/C15H22FNO2/c1-3-19-15(8-4-5-9-15)14(17)12-10-11(16)6-7-13(12)18-2/h6-7,10,14H,3-5,8-9,17H2,1-2H3. The lowest BCUT2D eigenvalue weighted by molar-refractivity contribution is -0.0540. The first-order chi connectivity index (χ1) is 9.13. The fraction of sp³-hybridized carbons (Fsp3) is 0.600. The van der Waals surface area contributed by atoms with Crippen molar-refractivity contribution >= 4 is 0 Å². The van der Waals surface area contributed by atoms with Crippen molar-refractivity contribution in [2.75, 3.05) is 13.7 Å². The summed E-state index contributed by atoms with van der Waals surface area (Å²) in [6.07, 6.45) is 4.04. The molecular weight excluding hydrogens is 245 g/mol. The third kappa shape index (κ3) is 2.74. The fourth-order valence-electron chi connectivity index (χ4n) is 3.04. The summed E-state index contributed by atoms with van der Waals surface area (Å²) < 4.78 is 24.7. The van der Waals surface area contributed by atoms with Crippen LogP contribution in [-0.2, 0) is 4.74 Å². The monoisotopic (exact) mass is 267 g/mol. The molecule has 19 heavy (non-hydrogen) atoms. The normalized spacial score (nSPS) is 19.4. The molecule has 1 aromatic rings. The van der Waals surface area contributed by atoms with Gasteiger partial charge in [0.2, 0.25) is 0 Å². The van der Waals surface area contributed by atoms with Crippen LogP contribution in [0.1, 0.15) is 44.2 Å². The lowest BCUT2D eigenvalue weighted by atomic mass is 9.87. The van der Waals surface area contributed by atoms with Gasteiger partial charge in [-0.3, -0.25) is 0 Å². The molecule has 0 aromatic heterocycles. The SMILES string of the molecule is CCOC1(C(N)c2cc(F)ccc2OC)CCCC1. The van der Waals surface area contributed by atoms with Gasteiger partial charge in [-0.05, 0) is 38.0 Å². The average molecular weight is 267 g/mol. The van der Waals surface area contributed by atoms with Crippen LogP contribution in [0.5, 0.6) is 5.75 Å². The van der Waals surface area contributed by atoms with Crippen LogP contribution in [0.25, 0.3) is 0 Å². The maximum atomic E-state index is 13.5. The predicted molar refractivity (Wildman–Crippen MR) is 72.7 cm³/mol. The van der Waals surface area contributed by atoms with Crippen molar-refractivity contribution < 1.29 is 13.9 Å². The number of methoxy groups -OCH3 is 1. The third-order valence-electron chi connectivity index (χ3n) is 3.98. The van der Waals surface area contributed by atoms with Gasteiger partial charge in [-0.15, -0.1) is 0 Å². The van der Waals surface area contributed by atoms with E-state index in [0.717, 1.165) is 25.7 Å². The Morgan fingerprint density at radius 3 is 2.63 bits per heavy atom. The second-order valence-electron chi connectivity index (χ2n) is 5.07. The van der Waals surface area contributed by atoms with E-state index in [9.17, 15) is 4.39 Å². The van der Waals surface area contributed by atoms with Gasteiger partial charge in [0.1, 0.15) is 11.6 Å². The summed E-state index contributed by atoms with van der Waals surface area (Å²) in [6, 6.07) is 4.11. The van der Waals surface area contributed by atoms with E-state index < -0.39 is 0 Å². The Kier molecular flexibility index (Phi) is 4.42. The van der Waals surface area contributed by atoms with Gasteiger partial charge in [0.15, 0.2) is 0 Å². The molecule has 3 nitrogen and oxygen atoms in total. The molecule has 1 aromatic carbocycles. The van der Waals surface area contributed by atoms with Crippen molar-refractivity contribution in [1.29, 1.82) is 0 Å². The van der Waals surface area contributed by atoms with Gasteiger partial charge in [-0.1, -0.05) is 12.8 Å². The van der Waals surface area contributed by atoms with Crippen LogP contribution in [-0.4, -0.2) is 19.3 Å². The Labute approximate surface area is 113 Å². The lowest BCUT2D eigenvalue weighted by Crippen LogP contribution is -2.41. The van der Waals surface area contributed by atoms with Gasteiger partial charge >= 0.3 is 0 Å². The van der Waals surface area contributed by atoms with E-state index >= 15 is 0 Å². The molecule has 1 atom stereocenters. The largest absolute Gasteiger partial charge is 0.496 e. The zero-order chi connectivity index (χ0) is 13.9. The van der Waals surface area contributed by atoms with E-state index in [0.29, 0.717) is 17.9 Å². The molecule has 1 aliphatic carbocycles. The highest BCUT2D eigenvalue weighted by atomic mass is 19.1. The predicted octanol–water partition coefficient (Wildman–Crippen LogP) is 3.18. The molecule has 4 heteroatoms. The van der Waals surface area contributed by atoms with Gasteiger partial charge in [0.25, 0.3) is 0 Å². The second kappa shape index (κ2) is 5.88. The first-order valence-corrected chi connectivity index (χ1v) is 6.86. The highest BCUT2D eigenvalue weighted by Gasteiger charge is 2.42. The average Bonchev–Trinajstić information content (AvgIpc) is 2.88. The molecule has 0 bridgehead atoms. The molecule has 1 unspecified atom stereocenters. The topological polar surface area (TPSA) is 44.5 Å². The molecule has 0 spiro atoms. The molecule has 0 amide bonds. The molecule has 0 radical (unpaired) electrons. The van der Waals surface area contributed by atoms with E-state index in [-0.39, 0.29) is 17.5 Å². The smallest absolute Gasteiger partial charge is 0.123 e. The van der Waals surface area contributed by atoms with Gasteiger partial charge < -0.3 is 15.2 Å². The zero-order valence-electron chi connectivity index (χ0n) is 11.6. The van der Waals surface area contributed by atoms with E-state index in [4.69, 9.17) is 15.2 Å². The summed E-state index contributed by atoms with van der Waals surface area (Å²) in [5.74, 6) is 0.329. The molecule has 1 fully saturated rings. The summed E-state index contributed by atoms with van der Waals surface area (Å²) in [5.41, 5.74) is 6.71.